The number of benzene rings is 3. The first-order chi connectivity index (χ1) is 18.7. The summed E-state index contributed by atoms with van der Waals surface area (Å²) in [6.45, 7) is -0.0334. The quantitative estimate of drug-likeness (QED) is 0.253. The van der Waals surface area contributed by atoms with E-state index < -0.39 is 11.6 Å². The van der Waals surface area contributed by atoms with Crippen LogP contribution in [0.15, 0.2) is 72.3 Å². The highest BCUT2D eigenvalue weighted by Gasteiger charge is 2.41. The van der Waals surface area contributed by atoms with E-state index in [1.54, 1.807) is 54.6 Å². The lowest BCUT2D eigenvalue weighted by molar-refractivity contribution is -0.116. The molecule has 2 unspecified atom stereocenters. The van der Waals surface area contributed by atoms with Crippen molar-refractivity contribution in [1.29, 1.82) is 0 Å². The summed E-state index contributed by atoms with van der Waals surface area (Å²) in [6, 6.07) is 19.1. The molecule has 0 aliphatic heterocycles. The topological polar surface area (TPSA) is 110 Å². The molecular weight excluding hydrogens is 537 g/mol. The molecule has 3 aromatic rings. The third-order valence-corrected chi connectivity index (χ3v) is 8.30. The van der Waals surface area contributed by atoms with E-state index in [0.29, 0.717) is 57.5 Å². The van der Waals surface area contributed by atoms with Crippen LogP contribution in [0.1, 0.15) is 65.1 Å². The number of carbonyl (C=O) groups is 2. The Morgan fingerprint density at radius 1 is 0.974 bits per heavy atom. The molecule has 0 aromatic heterocycles. The smallest absolute Gasteiger partial charge is 0.335 e. The Labute approximate surface area is 237 Å². The zero-order chi connectivity index (χ0) is 27.7. The molecule has 202 valence electrons. The van der Waals surface area contributed by atoms with Crippen molar-refractivity contribution in [2.75, 3.05) is 6.61 Å². The summed E-state index contributed by atoms with van der Waals surface area (Å²) >= 11 is 13.0. The minimum atomic E-state index is -1.15. The van der Waals surface area contributed by atoms with Gasteiger partial charge < -0.3 is 20.7 Å². The fourth-order valence-corrected chi connectivity index (χ4v) is 5.90. The molecule has 0 radical (unpaired) electrons. The second-order valence-electron chi connectivity index (χ2n) is 10.3. The third kappa shape index (κ3) is 5.83. The maximum Gasteiger partial charge on any atom is 0.335 e. The molecule has 5 rings (SSSR count). The van der Waals surface area contributed by atoms with Gasteiger partial charge in [-0.3, -0.25) is 4.79 Å². The number of Topliss-reactive ketones (excluding diaryl/α,β-unsaturated/α-hetero) is 1. The molecule has 0 heterocycles. The summed E-state index contributed by atoms with van der Waals surface area (Å²) in [4.78, 5) is 24.4. The van der Waals surface area contributed by atoms with Gasteiger partial charge in [0.25, 0.3) is 0 Å². The van der Waals surface area contributed by atoms with Gasteiger partial charge in [-0.15, -0.1) is 0 Å². The molecule has 2 aliphatic rings. The number of halogens is 2. The van der Waals surface area contributed by atoms with Crippen LogP contribution in [0.4, 0.5) is 0 Å². The molecule has 4 N–H and O–H groups in total. The zero-order valence-corrected chi connectivity index (χ0v) is 22.7. The van der Waals surface area contributed by atoms with Gasteiger partial charge in [0.05, 0.1) is 27.5 Å². The number of ether oxygens (including phenoxy) is 1. The largest absolute Gasteiger partial charge is 0.489 e. The number of rotatable bonds is 9. The summed E-state index contributed by atoms with van der Waals surface area (Å²) in [7, 11) is 0. The Morgan fingerprint density at radius 3 is 2.44 bits per heavy atom. The highest BCUT2D eigenvalue weighted by atomic mass is 35.5. The average molecular weight is 566 g/mol. The van der Waals surface area contributed by atoms with Crippen LogP contribution >= 0.6 is 23.2 Å². The monoisotopic (exact) mass is 565 g/mol. The maximum absolute atomic E-state index is 13.0. The predicted molar refractivity (Wildman–Crippen MR) is 151 cm³/mol. The van der Waals surface area contributed by atoms with Crippen LogP contribution in [0.3, 0.4) is 0 Å². The van der Waals surface area contributed by atoms with Crippen LogP contribution in [0.5, 0.6) is 5.75 Å². The molecule has 0 amide bonds. The van der Waals surface area contributed by atoms with E-state index >= 15 is 0 Å². The lowest BCUT2D eigenvalue weighted by atomic mass is 9.89. The Morgan fingerprint density at radius 2 is 1.74 bits per heavy atom. The number of carbonyl (C=O) groups excluding carboxylic acids is 1. The van der Waals surface area contributed by atoms with E-state index in [2.05, 4.69) is 0 Å². The highest BCUT2D eigenvalue weighted by molar-refractivity contribution is 6.32. The maximum atomic E-state index is 13.0. The number of nitrogens with two attached hydrogens (primary N) is 1. The van der Waals surface area contributed by atoms with Crippen molar-refractivity contribution in [3.8, 4) is 5.75 Å². The number of aliphatic hydroxyl groups is 1. The van der Waals surface area contributed by atoms with Gasteiger partial charge in [0.1, 0.15) is 12.4 Å². The minimum absolute atomic E-state index is 0.00945. The molecule has 2 saturated carbocycles. The van der Waals surface area contributed by atoms with Crippen LogP contribution in [0, 0.1) is 5.92 Å². The molecule has 3 aromatic carbocycles. The molecular formula is C31H29Cl2NO5. The SMILES string of the molecule is NC(=C(COc1ccc(C2(O)CCC(c3cccc(C(=O)O)c3)C2)c(Cl)c1)C(=O)C1CC1)c1ccccc1Cl. The Bertz CT molecular complexity index is 1460. The van der Waals surface area contributed by atoms with Gasteiger partial charge in [-0.05, 0) is 73.9 Å². The van der Waals surface area contributed by atoms with Gasteiger partial charge in [-0.25, -0.2) is 4.79 Å². The van der Waals surface area contributed by atoms with E-state index in [9.17, 15) is 19.8 Å². The molecule has 2 fully saturated rings. The molecule has 0 spiro atoms. The van der Waals surface area contributed by atoms with Gasteiger partial charge in [0.15, 0.2) is 5.78 Å². The van der Waals surface area contributed by atoms with E-state index in [4.69, 9.17) is 33.7 Å². The number of aromatic carboxylic acids is 1. The average Bonchev–Trinajstić information content (AvgIpc) is 3.70. The number of hydrogen-bond donors (Lipinski definition) is 3. The second-order valence-corrected chi connectivity index (χ2v) is 11.2. The Kier molecular flexibility index (Phi) is 7.72. The van der Waals surface area contributed by atoms with Gasteiger partial charge in [-0.1, -0.05) is 59.6 Å². The summed E-state index contributed by atoms with van der Waals surface area (Å²) in [5, 5.41) is 21.6. The fourth-order valence-electron chi connectivity index (χ4n) is 5.31. The second kappa shape index (κ2) is 11.0. The van der Waals surface area contributed by atoms with Crippen LogP contribution in [-0.2, 0) is 10.4 Å². The summed E-state index contributed by atoms with van der Waals surface area (Å²) in [5.74, 6) is -0.599. The van der Waals surface area contributed by atoms with E-state index in [1.807, 2.05) is 12.1 Å². The Balaban J connectivity index is 1.33. The van der Waals surface area contributed by atoms with E-state index in [0.717, 1.165) is 18.4 Å². The number of carboxylic acid groups (broad SMARTS) is 1. The number of hydrogen-bond acceptors (Lipinski definition) is 5. The van der Waals surface area contributed by atoms with E-state index in [-0.39, 0.29) is 29.8 Å². The van der Waals surface area contributed by atoms with Crippen molar-refractivity contribution < 1.29 is 24.5 Å². The van der Waals surface area contributed by atoms with Crippen molar-refractivity contribution in [1.82, 2.24) is 0 Å². The summed E-state index contributed by atoms with van der Waals surface area (Å²) in [6.07, 6.45) is 3.28. The van der Waals surface area contributed by atoms with Gasteiger partial charge in [0, 0.05) is 22.1 Å². The normalized spacial score (nSPS) is 21.4. The molecule has 2 aliphatic carbocycles. The van der Waals surface area contributed by atoms with Crippen molar-refractivity contribution in [3.05, 3.63) is 105 Å². The van der Waals surface area contributed by atoms with Crippen LogP contribution in [-0.4, -0.2) is 28.6 Å². The zero-order valence-electron chi connectivity index (χ0n) is 21.2. The van der Waals surface area contributed by atoms with Crippen LogP contribution in [0.2, 0.25) is 10.0 Å². The van der Waals surface area contributed by atoms with Crippen LogP contribution in [0.25, 0.3) is 5.70 Å². The number of ketones is 1. The molecule has 39 heavy (non-hydrogen) atoms. The number of carboxylic acids is 1. The molecule has 6 nitrogen and oxygen atoms in total. The van der Waals surface area contributed by atoms with Crippen molar-refractivity contribution in [2.24, 2.45) is 11.7 Å². The first-order valence-electron chi connectivity index (χ1n) is 12.9. The lowest BCUT2D eigenvalue weighted by Gasteiger charge is -2.25. The fraction of sp³-hybridized carbons (Fsp3) is 0.290. The Hall–Kier alpha value is -3.32. The molecule has 2 atom stereocenters. The van der Waals surface area contributed by atoms with Crippen molar-refractivity contribution in [3.63, 3.8) is 0 Å². The summed E-state index contributed by atoms with van der Waals surface area (Å²) < 4.78 is 5.98. The summed E-state index contributed by atoms with van der Waals surface area (Å²) in [5.41, 5.74) is 8.24. The standard InChI is InChI=1S/C31H29Cl2NO5/c32-26-7-2-1-6-23(26)28(34)24(29(35)18-8-9-18)17-39-22-10-11-25(27(33)15-22)31(38)13-12-21(16-31)19-4-3-5-20(14-19)30(36)37/h1-7,10-11,14-15,18,21,38H,8-9,12-13,16-17,34H2,(H,36,37). The molecule has 8 heteroatoms. The van der Waals surface area contributed by atoms with Crippen molar-refractivity contribution >= 4 is 40.7 Å². The lowest BCUT2D eigenvalue weighted by Crippen LogP contribution is -2.22. The van der Waals surface area contributed by atoms with Crippen LogP contribution < -0.4 is 10.5 Å². The third-order valence-electron chi connectivity index (χ3n) is 7.66. The van der Waals surface area contributed by atoms with Gasteiger partial charge in [-0.2, -0.15) is 0 Å². The highest BCUT2D eigenvalue weighted by Crippen LogP contribution is 2.49. The molecule has 0 bridgehead atoms. The first-order valence-corrected chi connectivity index (χ1v) is 13.7. The van der Waals surface area contributed by atoms with Gasteiger partial charge in [0.2, 0.25) is 0 Å². The van der Waals surface area contributed by atoms with Gasteiger partial charge >= 0.3 is 5.97 Å². The van der Waals surface area contributed by atoms with Crippen molar-refractivity contribution in [2.45, 2.75) is 43.6 Å². The molecule has 0 saturated heterocycles. The predicted octanol–water partition coefficient (Wildman–Crippen LogP) is 6.57. The minimum Gasteiger partial charge on any atom is -0.489 e. The van der Waals surface area contributed by atoms with E-state index in [1.165, 1.54) is 0 Å². The first kappa shape index (κ1) is 27.3.